The molecule has 0 aromatic heterocycles. The van der Waals surface area contributed by atoms with Gasteiger partial charge in [-0.3, -0.25) is 0 Å². The molecule has 0 unspecified atom stereocenters. The van der Waals surface area contributed by atoms with Gasteiger partial charge < -0.3 is 37.1 Å². The molecular formula is C14H26N4O7. The van der Waals surface area contributed by atoms with Gasteiger partial charge in [0.25, 0.3) is 0 Å². The molecule has 0 heterocycles. The molecule has 0 aromatic carbocycles. The van der Waals surface area contributed by atoms with Crippen LogP contribution in [0.15, 0.2) is 0 Å². The highest BCUT2D eigenvalue weighted by molar-refractivity contribution is 5.92. The van der Waals surface area contributed by atoms with Crippen molar-refractivity contribution in [3.63, 3.8) is 0 Å². The summed E-state index contributed by atoms with van der Waals surface area (Å²) in [6.07, 6.45) is -0.326. The Morgan fingerprint density at radius 3 is 1.32 bits per heavy atom. The van der Waals surface area contributed by atoms with Gasteiger partial charge in [-0.1, -0.05) is 12.8 Å². The minimum atomic E-state index is -1.64. The predicted molar refractivity (Wildman–Crippen MR) is 85.8 cm³/mol. The van der Waals surface area contributed by atoms with Crippen molar-refractivity contribution >= 4 is 24.2 Å². The first-order valence-electron chi connectivity index (χ1n) is 7.92. The van der Waals surface area contributed by atoms with E-state index in [1.54, 1.807) is 0 Å². The first kappa shape index (κ1) is 22.9. The number of esters is 2. The van der Waals surface area contributed by atoms with E-state index in [1.165, 1.54) is 0 Å². The SMILES string of the molecule is NCCCC[C@H](N)C(=O)OC(=O)OC(=O)OC(=O)[C@@H](N)CCCCN. The fourth-order valence-corrected chi connectivity index (χ4v) is 1.68. The van der Waals surface area contributed by atoms with Crippen molar-refractivity contribution < 1.29 is 33.4 Å². The molecule has 0 aromatic rings. The number of carbonyl (C=O) groups is 4. The van der Waals surface area contributed by atoms with E-state index in [2.05, 4.69) is 14.2 Å². The molecule has 0 fully saturated rings. The first-order chi connectivity index (χ1) is 11.8. The molecule has 0 aliphatic heterocycles. The smallest absolute Gasteiger partial charge is 0.359 e. The molecule has 11 heteroatoms. The Balaban J connectivity index is 4.13. The van der Waals surface area contributed by atoms with Crippen LogP contribution in [-0.2, 0) is 23.8 Å². The Morgan fingerprint density at radius 2 is 1.00 bits per heavy atom. The fraction of sp³-hybridized carbons (Fsp3) is 0.714. The minimum Gasteiger partial charge on any atom is -0.359 e. The summed E-state index contributed by atoms with van der Waals surface area (Å²) in [5.41, 5.74) is 21.6. The summed E-state index contributed by atoms with van der Waals surface area (Å²) in [5, 5.41) is 0. The van der Waals surface area contributed by atoms with Crippen LogP contribution >= 0.6 is 0 Å². The van der Waals surface area contributed by atoms with Gasteiger partial charge in [0, 0.05) is 0 Å². The van der Waals surface area contributed by atoms with Gasteiger partial charge >= 0.3 is 24.2 Å². The minimum absolute atomic E-state index is 0.254. The van der Waals surface area contributed by atoms with Crippen molar-refractivity contribution in [1.29, 1.82) is 0 Å². The lowest BCUT2D eigenvalue weighted by Crippen LogP contribution is -2.36. The molecular weight excluding hydrogens is 336 g/mol. The zero-order valence-electron chi connectivity index (χ0n) is 14.0. The number of unbranched alkanes of at least 4 members (excludes halogenated alkanes) is 2. The van der Waals surface area contributed by atoms with Crippen LogP contribution in [0, 0.1) is 0 Å². The van der Waals surface area contributed by atoms with Gasteiger partial charge in [-0.25, -0.2) is 19.2 Å². The molecule has 0 rings (SSSR count). The van der Waals surface area contributed by atoms with Crippen LogP contribution < -0.4 is 22.9 Å². The van der Waals surface area contributed by atoms with Crippen molar-refractivity contribution in [3.05, 3.63) is 0 Å². The van der Waals surface area contributed by atoms with Crippen LogP contribution in [0.3, 0.4) is 0 Å². The number of rotatable bonds is 10. The monoisotopic (exact) mass is 362 g/mol. The third-order valence-electron chi connectivity index (χ3n) is 3.08. The van der Waals surface area contributed by atoms with Gasteiger partial charge in [0.05, 0.1) is 0 Å². The zero-order chi connectivity index (χ0) is 19.2. The molecule has 8 N–H and O–H groups in total. The van der Waals surface area contributed by atoms with Crippen molar-refractivity contribution in [2.75, 3.05) is 13.1 Å². The zero-order valence-corrected chi connectivity index (χ0v) is 14.0. The first-order valence-corrected chi connectivity index (χ1v) is 7.92. The maximum Gasteiger partial charge on any atom is 0.526 e. The Hall–Kier alpha value is -2.08. The molecule has 2 atom stereocenters. The van der Waals surface area contributed by atoms with E-state index >= 15 is 0 Å². The standard InChI is InChI=1S/C14H26N4O7/c15-7-3-1-5-9(17)11(19)23-13(21)25-14(22)24-12(20)10(18)6-2-4-8-16/h9-10H,1-8,15-18H2/t9-,10-/m0/s1. The van der Waals surface area contributed by atoms with Crippen molar-refractivity contribution in [3.8, 4) is 0 Å². The van der Waals surface area contributed by atoms with Crippen LogP contribution in [0.5, 0.6) is 0 Å². The molecule has 0 spiro atoms. The second kappa shape index (κ2) is 13.2. The Morgan fingerprint density at radius 1 is 0.640 bits per heavy atom. The molecule has 0 bridgehead atoms. The van der Waals surface area contributed by atoms with E-state index in [-0.39, 0.29) is 12.8 Å². The summed E-state index contributed by atoms with van der Waals surface area (Å²) in [6.45, 7) is 0.885. The highest BCUT2D eigenvalue weighted by Gasteiger charge is 2.25. The highest BCUT2D eigenvalue weighted by atomic mass is 16.8. The summed E-state index contributed by atoms with van der Waals surface area (Å²) in [5.74, 6) is -2.14. The average molecular weight is 362 g/mol. The van der Waals surface area contributed by atoms with Crippen LogP contribution in [0.1, 0.15) is 38.5 Å². The van der Waals surface area contributed by atoms with Gasteiger partial charge in [0.1, 0.15) is 12.1 Å². The van der Waals surface area contributed by atoms with E-state index in [4.69, 9.17) is 22.9 Å². The molecule has 0 aliphatic rings. The van der Waals surface area contributed by atoms with Crippen LogP contribution in [-0.4, -0.2) is 49.4 Å². The van der Waals surface area contributed by atoms with Crippen molar-refractivity contribution in [2.24, 2.45) is 22.9 Å². The molecule has 144 valence electrons. The molecule has 0 radical (unpaired) electrons. The summed E-state index contributed by atoms with van der Waals surface area (Å²) < 4.78 is 12.5. The van der Waals surface area contributed by atoms with Gasteiger partial charge in [-0.15, -0.1) is 0 Å². The molecule has 11 nitrogen and oxygen atoms in total. The summed E-state index contributed by atoms with van der Waals surface area (Å²) in [7, 11) is 0. The lowest BCUT2D eigenvalue weighted by Gasteiger charge is -2.10. The van der Waals surface area contributed by atoms with Crippen LogP contribution in [0.2, 0.25) is 0 Å². The second-order valence-corrected chi connectivity index (χ2v) is 5.23. The number of carbonyl (C=O) groups excluding carboxylic acids is 4. The average Bonchev–Trinajstić information content (AvgIpc) is 2.54. The van der Waals surface area contributed by atoms with Gasteiger partial charge in [-0.05, 0) is 38.8 Å². The van der Waals surface area contributed by atoms with Crippen molar-refractivity contribution in [2.45, 2.75) is 50.6 Å². The summed E-state index contributed by atoms with van der Waals surface area (Å²) in [4.78, 5) is 45.5. The third kappa shape index (κ3) is 11.2. The van der Waals surface area contributed by atoms with Crippen LogP contribution in [0.4, 0.5) is 9.59 Å². The Kier molecular flexibility index (Phi) is 12.1. The molecule has 0 saturated heterocycles. The highest BCUT2D eigenvalue weighted by Crippen LogP contribution is 2.03. The van der Waals surface area contributed by atoms with Crippen molar-refractivity contribution in [1.82, 2.24) is 0 Å². The maximum atomic E-state index is 11.5. The van der Waals surface area contributed by atoms with E-state index in [1.807, 2.05) is 0 Å². The second-order valence-electron chi connectivity index (χ2n) is 5.23. The number of hydrogen-bond donors (Lipinski definition) is 4. The van der Waals surface area contributed by atoms with E-state index in [9.17, 15) is 19.2 Å². The normalized spacial score (nSPS) is 12.8. The van der Waals surface area contributed by atoms with E-state index in [0.29, 0.717) is 38.8 Å². The number of nitrogens with two attached hydrogens (primary N) is 4. The summed E-state index contributed by atoms with van der Waals surface area (Å²) in [6, 6.07) is -2.12. The molecule has 0 aliphatic carbocycles. The van der Waals surface area contributed by atoms with Gasteiger partial charge in [0.15, 0.2) is 0 Å². The predicted octanol–water partition coefficient (Wildman–Crippen LogP) is -0.758. The Bertz CT molecular complexity index is 418. The lowest BCUT2D eigenvalue weighted by molar-refractivity contribution is -0.142. The quantitative estimate of drug-likeness (QED) is 0.216. The number of hydrogen-bond acceptors (Lipinski definition) is 11. The van der Waals surface area contributed by atoms with E-state index in [0.717, 1.165) is 0 Å². The largest absolute Gasteiger partial charge is 0.526 e. The van der Waals surface area contributed by atoms with E-state index < -0.39 is 36.3 Å². The lowest BCUT2D eigenvalue weighted by atomic mass is 10.1. The van der Waals surface area contributed by atoms with Crippen LogP contribution in [0.25, 0.3) is 0 Å². The van der Waals surface area contributed by atoms with Gasteiger partial charge in [-0.2, -0.15) is 0 Å². The summed E-state index contributed by atoms with van der Waals surface area (Å²) >= 11 is 0. The topological polar surface area (TPSA) is 200 Å². The Labute approximate surface area is 145 Å². The third-order valence-corrected chi connectivity index (χ3v) is 3.08. The molecule has 25 heavy (non-hydrogen) atoms. The maximum absolute atomic E-state index is 11.5. The molecule has 0 saturated carbocycles. The molecule has 0 amide bonds. The number of ether oxygens (including phenoxy) is 3. The van der Waals surface area contributed by atoms with Gasteiger partial charge in [0.2, 0.25) is 0 Å². The fourth-order valence-electron chi connectivity index (χ4n) is 1.68.